The highest BCUT2D eigenvalue weighted by Gasteiger charge is 2.10. The second-order valence-electron chi connectivity index (χ2n) is 3.02. The Balaban J connectivity index is 2.72. The summed E-state index contributed by atoms with van der Waals surface area (Å²) >= 11 is 0. The Morgan fingerprint density at radius 1 is 1.33 bits per heavy atom. The molecule has 12 heavy (non-hydrogen) atoms. The van der Waals surface area contributed by atoms with E-state index in [1.54, 1.807) is 0 Å². The van der Waals surface area contributed by atoms with E-state index in [4.69, 9.17) is 10.2 Å². The van der Waals surface area contributed by atoms with E-state index in [0.29, 0.717) is 12.5 Å². The topological polar surface area (TPSA) is 39.2 Å². The van der Waals surface area contributed by atoms with Gasteiger partial charge in [-0.1, -0.05) is 13.8 Å². The SMILES string of the molecule is CCC(CC)c1ccc(CN)o1. The molecule has 0 bridgehead atoms. The van der Waals surface area contributed by atoms with Crippen LogP contribution in [0.15, 0.2) is 16.5 Å². The van der Waals surface area contributed by atoms with Crippen LogP contribution in [0.2, 0.25) is 0 Å². The minimum absolute atomic E-state index is 0.500. The number of furan rings is 1. The summed E-state index contributed by atoms with van der Waals surface area (Å²) in [6.07, 6.45) is 2.27. The molecule has 0 aliphatic carbocycles. The van der Waals surface area contributed by atoms with Gasteiger partial charge in [-0.25, -0.2) is 0 Å². The minimum atomic E-state index is 0.500. The first-order valence-electron chi connectivity index (χ1n) is 4.60. The summed E-state index contributed by atoms with van der Waals surface area (Å²) in [4.78, 5) is 0. The molecular formula is C10H17NO. The summed E-state index contributed by atoms with van der Waals surface area (Å²) in [6, 6.07) is 4.01. The second kappa shape index (κ2) is 4.31. The van der Waals surface area contributed by atoms with Crippen molar-refractivity contribution in [1.29, 1.82) is 0 Å². The lowest BCUT2D eigenvalue weighted by Gasteiger charge is -2.07. The maximum absolute atomic E-state index is 5.55. The van der Waals surface area contributed by atoms with Gasteiger partial charge in [-0.05, 0) is 25.0 Å². The molecule has 0 spiro atoms. The molecule has 68 valence electrons. The quantitative estimate of drug-likeness (QED) is 0.748. The maximum atomic E-state index is 5.55. The molecular weight excluding hydrogens is 150 g/mol. The zero-order valence-corrected chi connectivity index (χ0v) is 7.84. The smallest absolute Gasteiger partial charge is 0.117 e. The summed E-state index contributed by atoms with van der Waals surface area (Å²) < 4.78 is 5.55. The van der Waals surface area contributed by atoms with E-state index in [0.717, 1.165) is 24.4 Å². The van der Waals surface area contributed by atoms with Crippen molar-refractivity contribution >= 4 is 0 Å². The van der Waals surface area contributed by atoms with Crippen molar-refractivity contribution in [2.24, 2.45) is 5.73 Å². The monoisotopic (exact) mass is 167 g/mol. The number of hydrogen-bond acceptors (Lipinski definition) is 2. The first-order valence-corrected chi connectivity index (χ1v) is 4.60. The Labute approximate surface area is 73.8 Å². The molecule has 0 fully saturated rings. The lowest BCUT2D eigenvalue weighted by Crippen LogP contribution is -1.95. The van der Waals surface area contributed by atoms with Crippen LogP contribution in [0.25, 0.3) is 0 Å². The third-order valence-electron chi connectivity index (χ3n) is 2.27. The van der Waals surface area contributed by atoms with E-state index in [1.807, 2.05) is 12.1 Å². The van der Waals surface area contributed by atoms with Gasteiger partial charge >= 0.3 is 0 Å². The largest absolute Gasteiger partial charge is 0.464 e. The summed E-state index contributed by atoms with van der Waals surface area (Å²) in [5.41, 5.74) is 5.45. The van der Waals surface area contributed by atoms with Gasteiger partial charge < -0.3 is 10.2 Å². The predicted molar refractivity (Wildman–Crippen MR) is 49.9 cm³/mol. The number of nitrogens with two attached hydrogens (primary N) is 1. The molecule has 0 aromatic carbocycles. The predicted octanol–water partition coefficient (Wildman–Crippen LogP) is 2.64. The highest BCUT2D eigenvalue weighted by molar-refractivity contribution is 5.10. The highest BCUT2D eigenvalue weighted by Crippen LogP contribution is 2.24. The zero-order valence-electron chi connectivity index (χ0n) is 7.84. The third-order valence-corrected chi connectivity index (χ3v) is 2.27. The molecule has 1 aromatic heterocycles. The first-order chi connectivity index (χ1) is 5.81. The average molecular weight is 167 g/mol. The molecule has 0 atom stereocenters. The molecule has 0 saturated carbocycles. The van der Waals surface area contributed by atoms with Crippen LogP contribution in [-0.2, 0) is 6.54 Å². The van der Waals surface area contributed by atoms with Gasteiger partial charge in [0.15, 0.2) is 0 Å². The fourth-order valence-corrected chi connectivity index (χ4v) is 1.41. The fraction of sp³-hybridized carbons (Fsp3) is 0.600. The van der Waals surface area contributed by atoms with Crippen molar-refractivity contribution in [3.63, 3.8) is 0 Å². The van der Waals surface area contributed by atoms with Crippen LogP contribution in [0.3, 0.4) is 0 Å². The van der Waals surface area contributed by atoms with E-state index in [-0.39, 0.29) is 0 Å². The van der Waals surface area contributed by atoms with Gasteiger partial charge in [-0.2, -0.15) is 0 Å². The lowest BCUT2D eigenvalue weighted by molar-refractivity contribution is 0.419. The standard InChI is InChI=1S/C10H17NO/c1-3-8(4-2)10-6-5-9(7-11)12-10/h5-6,8H,3-4,7,11H2,1-2H3. The molecule has 1 rings (SSSR count). The first kappa shape index (κ1) is 9.33. The number of rotatable bonds is 4. The molecule has 2 heteroatoms. The fourth-order valence-electron chi connectivity index (χ4n) is 1.41. The minimum Gasteiger partial charge on any atom is -0.464 e. The van der Waals surface area contributed by atoms with E-state index in [9.17, 15) is 0 Å². The van der Waals surface area contributed by atoms with E-state index < -0.39 is 0 Å². The van der Waals surface area contributed by atoms with Gasteiger partial charge in [0.05, 0.1) is 6.54 Å². The van der Waals surface area contributed by atoms with Gasteiger partial charge in [0.25, 0.3) is 0 Å². The van der Waals surface area contributed by atoms with E-state index in [2.05, 4.69) is 13.8 Å². The summed E-state index contributed by atoms with van der Waals surface area (Å²) in [5.74, 6) is 2.53. The highest BCUT2D eigenvalue weighted by atomic mass is 16.3. The summed E-state index contributed by atoms with van der Waals surface area (Å²) in [5, 5.41) is 0. The molecule has 0 saturated heterocycles. The van der Waals surface area contributed by atoms with Crippen molar-refractivity contribution in [3.8, 4) is 0 Å². The molecule has 0 unspecified atom stereocenters. The zero-order chi connectivity index (χ0) is 8.97. The van der Waals surface area contributed by atoms with E-state index in [1.165, 1.54) is 0 Å². The van der Waals surface area contributed by atoms with Crippen molar-refractivity contribution in [2.45, 2.75) is 39.2 Å². The van der Waals surface area contributed by atoms with Gasteiger partial charge in [-0.15, -0.1) is 0 Å². The van der Waals surface area contributed by atoms with Gasteiger partial charge in [0.1, 0.15) is 11.5 Å². The maximum Gasteiger partial charge on any atom is 0.117 e. The molecule has 0 aliphatic heterocycles. The molecule has 0 aliphatic rings. The Morgan fingerprint density at radius 3 is 2.42 bits per heavy atom. The number of hydrogen-bond donors (Lipinski definition) is 1. The van der Waals surface area contributed by atoms with Crippen molar-refractivity contribution in [1.82, 2.24) is 0 Å². The van der Waals surface area contributed by atoms with Gasteiger partial charge in [0, 0.05) is 5.92 Å². The molecule has 2 nitrogen and oxygen atoms in total. The van der Waals surface area contributed by atoms with Crippen LogP contribution < -0.4 is 5.73 Å². The second-order valence-corrected chi connectivity index (χ2v) is 3.02. The van der Waals surface area contributed by atoms with Crippen molar-refractivity contribution in [2.75, 3.05) is 0 Å². The van der Waals surface area contributed by atoms with Crippen LogP contribution >= 0.6 is 0 Å². The normalized spacial score (nSPS) is 11.0. The van der Waals surface area contributed by atoms with Crippen LogP contribution in [0.1, 0.15) is 44.1 Å². The molecule has 1 heterocycles. The summed E-state index contributed by atoms with van der Waals surface area (Å²) in [7, 11) is 0. The van der Waals surface area contributed by atoms with Crippen molar-refractivity contribution < 1.29 is 4.42 Å². The Bertz CT molecular complexity index is 225. The Kier molecular flexibility index (Phi) is 3.35. The molecule has 2 N–H and O–H groups in total. The molecule has 0 amide bonds. The lowest BCUT2D eigenvalue weighted by atomic mass is 10.0. The van der Waals surface area contributed by atoms with Crippen LogP contribution in [0.5, 0.6) is 0 Å². The molecule has 0 radical (unpaired) electrons. The molecule has 1 aromatic rings. The van der Waals surface area contributed by atoms with Crippen LogP contribution in [0.4, 0.5) is 0 Å². The summed E-state index contributed by atoms with van der Waals surface area (Å²) in [6.45, 7) is 4.86. The third kappa shape index (κ3) is 1.89. The van der Waals surface area contributed by atoms with Gasteiger partial charge in [-0.3, -0.25) is 0 Å². The van der Waals surface area contributed by atoms with Gasteiger partial charge in [0.2, 0.25) is 0 Å². The van der Waals surface area contributed by atoms with Crippen LogP contribution in [-0.4, -0.2) is 0 Å². The van der Waals surface area contributed by atoms with E-state index >= 15 is 0 Å². The van der Waals surface area contributed by atoms with Crippen molar-refractivity contribution in [3.05, 3.63) is 23.7 Å². The van der Waals surface area contributed by atoms with Crippen LogP contribution in [0, 0.1) is 0 Å². The Hall–Kier alpha value is -0.760. The average Bonchev–Trinajstić information content (AvgIpc) is 2.55. The Morgan fingerprint density at radius 2 is 2.00 bits per heavy atom.